The van der Waals surface area contributed by atoms with Crippen molar-refractivity contribution in [2.75, 3.05) is 32.7 Å². The number of rotatable bonds is 7. The van der Waals surface area contributed by atoms with Gasteiger partial charge < -0.3 is 24.4 Å². The van der Waals surface area contributed by atoms with Crippen molar-refractivity contribution in [2.45, 2.75) is 72.0 Å². The van der Waals surface area contributed by atoms with Crippen LogP contribution in [-0.4, -0.2) is 74.1 Å². The highest BCUT2D eigenvalue weighted by molar-refractivity contribution is 5.95. The Kier molecular flexibility index (Phi) is 9.40. The summed E-state index contributed by atoms with van der Waals surface area (Å²) in [5.41, 5.74) is 2.51. The van der Waals surface area contributed by atoms with Crippen LogP contribution in [0.15, 0.2) is 54.6 Å². The molecule has 1 amide bonds. The second kappa shape index (κ2) is 13.4. The molecule has 9 nitrogen and oxygen atoms in total. The average Bonchev–Trinajstić information content (AvgIpc) is 3.37. The molecule has 0 bridgehead atoms. The Bertz CT molecular complexity index is 1760. The van der Waals surface area contributed by atoms with Gasteiger partial charge in [0.2, 0.25) is 11.8 Å². The number of piperidine rings is 2. The van der Waals surface area contributed by atoms with E-state index in [0.29, 0.717) is 53.7 Å². The highest BCUT2D eigenvalue weighted by atomic mass is 19.1. The second-order valence-corrected chi connectivity index (χ2v) is 15.1. The Morgan fingerprint density at radius 3 is 2.42 bits per heavy atom. The summed E-state index contributed by atoms with van der Waals surface area (Å²) < 4.78 is 29.2. The van der Waals surface area contributed by atoms with Crippen molar-refractivity contribution < 1.29 is 23.8 Å². The van der Waals surface area contributed by atoms with Gasteiger partial charge in [0.25, 0.3) is 0 Å². The van der Waals surface area contributed by atoms with E-state index in [2.05, 4.69) is 28.8 Å². The Labute approximate surface area is 282 Å². The summed E-state index contributed by atoms with van der Waals surface area (Å²) in [5, 5.41) is 16.1. The highest BCUT2D eigenvalue weighted by Crippen LogP contribution is 2.40. The number of fused-ring (bicyclic) bond motifs is 1. The summed E-state index contributed by atoms with van der Waals surface area (Å²) >= 11 is 0. The number of benzene rings is 2. The van der Waals surface area contributed by atoms with Crippen molar-refractivity contribution in [3.05, 3.63) is 71.5 Å². The Morgan fingerprint density at radius 1 is 1.02 bits per heavy atom. The first-order chi connectivity index (χ1) is 22.8. The number of nitrogens with zero attached hydrogens (tertiary/aromatic N) is 5. The Balaban J connectivity index is 1.09. The molecule has 1 N–H and O–H groups in total. The fraction of sp³-hybridized carbons (Fsp3) is 0.500. The summed E-state index contributed by atoms with van der Waals surface area (Å²) in [6.45, 7) is 14.7. The van der Waals surface area contributed by atoms with Crippen LogP contribution in [0.25, 0.3) is 22.2 Å². The van der Waals surface area contributed by atoms with E-state index in [1.807, 2.05) is 68.1 Å². The van der Waals surface area contributed by atoms with Crippen molar-refractivity contribution in [2.24, 2.45) is 18.4 Å². The van der Waals surface area contributed by atoms with Gasteiger partial charge >= 0.3 is 6.09 Å². The van der Waals surface area contributed by atoms with Crippen molar-refractivity contribution >= 4 is 17.0 Å². The summed E-state index contributed by atoms with van der Waals surface area (Å²) in [5.74, 6) is 0.412. The van der Waals surface area contributed by atoms with E-state index in [9.17, 15) is 9.90 Å². The highest BCUT2D eigenvalue weighted by Gasteiger charge is 2.40. The molecule has 2 aromatic carbocycles. The van der Waals surface area contributed by atoms with Gasteiger partial charge in [0.05, 0.1) is 5.56 Å². The van der Waals surface area contributed by atoms with E-state index in [1.54, 1.807) is 23.9 Å². The smallest absolute Gasteiger partial charge is 0.410 e. The zero-order valence-corrected chi connectivity index (χ0v) is 29.0. The predicted octanol–water partition coefficient (Wildman–Crippen LogP) is 7.52. The van der Waals surface area contributed by atoms with Crippen LogP contribution < -0.4 is 4.74 Å². The van der Waals surface area contributed by atoms with Crippen LogP contribution in [0.5, 0.6) is 11.8 Å². The van der Waals surface area contributed by atoms with Gasteiger partial charge in [-0.25, -0.2) is 9.18 Å². The number of likely N-dealkylation sites (tertiary alicyclic amines) is 2. The molecule has 4 heterocycles. The largest absolute Gasteiger partial charge is 0.493 e. The average molecular weight is 658 g/mol. The van der Waals surface area contributed by atoms with Crippen LogP contribution in [0, 0.1) is 17.2 Å². The van der Waals surface area contributed by atoms with Crippen molar-refractivity contribution in [1.29, 1.82) is 0 Å². The first-order valence-electron chi connectivity index (χ1n) is 17.0. The van der Waals surface area contributed by atoms with Crippen molar-refractivity contribution in [3.63, 3.8) is 0 Å². The third-order valence-electron chi connectivity index (χ3n) is 9.92. The molecule has 256 valence electrons. The summed E-state index contributed by atoms with van der Waals surface area (Å²) in [6.07, 6.45) is 2.46. The molecule has 1 atom stereocenters. The molecule has 10 heteroatoms. The number of hydrogen-bond donors (Lipinski definition) is 1. The van der Waals surface area contributed by atoms with Gasteiger partial charge in [0, 0.05) is 38.1 Å². The molecule has 0 spiro atoms. The number of aryl methyl sites for hydroxylation is 1. The van der Waals surface area contributed by atoms with Gasteiger partial charge in [-0.2, -0.15) is 10.1 Å². The molecule has 0 radical (unpaired) electrons. The van der Waals surface area contributed by atoms with E-state index in [4.69, 9.17) is 9.47 Å². The standard InChI is InChI=1S/C38H48FN5O4/c1-37(2,3)48-36(46)44-21-18-27(38(4,5)24-44)22-43-19-16-26(17-20-43)28-12-13-29-33(41-42(6)34(29)32(28)39)30-14-15-31(40-35(30)45)47-23-25-10-8-7-9-11-25/h7-15,26-27H,16-24H2,1-6H3,(H,40,45)/t27-/m0/s1. The van der Waals surface area contributed by atoms with Gasteiger partial charge in [0.1, 0.15) is 23.4 Å². The van der Waals surface area contributed by atoms with Crippen LogP contribution in [0.3, 0.4) is 0 Å². The second-order valence-electron chi connectivity index (χ2n) is 15.1. The van der Waals surface area contributed by atoms with E-state index in [-0.39, 0.29) is 29.1 Å². The normalized spacial score (nSPS) is 19.1. The van der Waals surface area contributed by atoms with Crippen LogP contribution in [0.4, 0.5) is 9.18 Å². The van der Waals surface area contributed by atoms with E-state index >= 15 is 4.39 Å². The van der Waals surface area contributed by atoms with Crippen molar-refractivity contribution in [3.8, 4) is 23.0 Å². The van der Waals surface area contributed by atoms with E-state index in [1.165, 1.54) is 0 Å². The monoisotopic (exact) mass is 657 g/mol. The minimum atomic E-state index is -0.503. The number of carbonyl (C=O) groups excluding carboxylic acids is 1. The molecule has 2 saturated heterocycles. The number of aromatic hydroxyl groups is 1. The first kappa shape index (κ1) is 33.7. The molecule has 6 rings (SSSR count). The molecule has 0 aliphatic carbocycles. The fourth-order valence-corrected chi connectivity index (χ4v) is 7.24. The molecule has 2 aromatic heterocycles. The van der Waals surface area contributed by atoms with Gasteiger partial charge in [-0.05, 0) is 87.6 Å². The number of ether oxygens (including phenoxy) is 2. The van der Waals surface area contributed by atoms with Gasteiger partial charge in [-0.15, -0.1) is 0 Å². The number of hydrogen-bond acceptors (Lipinski definition) is 7. The first-order valence-corrected chi connectivity index (χ1v) is 17.0. The number of halogens is 1. The minimum absolute atomic E-state index is 0.0279. The molecule has 2 aliphatic heterocycles. The summed E-state index contributed by atoms with van der Waals surface area (Å²) in [6, 6.07) is 17.0. The molecule has 0 saturated carbocycles. The van der Waals surface area contributed by atoms with Crippen LogP contribution >= 0.6 is 0 Å². The SMILES string of the molecule is Cn1nc(-c2ccc(OCc3ccccc3)nc2O)c2ccc(C3CCN(C[C@@H]4CCN(C(=O)OC(C)(C)C)CC4(C)C)CC3)c(F)c21. The number of aromatic nitrogens is 3. The number of amides is 1. The lowest BCUT2D eigenvalue weighted by Crippen LogP contribution is -2.52. The maximum Gasteiger partial charge on any atom is 0.410 e. The summed E-state index contributed by atoms with van der Waals surface area (Å²) in [7, 11) is 1.74. The molecule has 2 aliphatic rings. The van der Waals surface area contributed by atoms with Crippen molar-refractivity contribution in [1.82, 2.24) is 24.6 Å². The van der Waals surface area contributed by atoms with E-state index < -0.39 is 5.60 Å². The topological polar surface area (TPSA) is 93.0 Å². The third kappa shape index (κ3) is 7.28. The van der Waals surface area contributed by atoms with Crippen LogP contribution in [0.1, 0.15) is 70.9 Å². The zero-order chi connectivity index (χ0) is 34.2. The molecule has 4 aromatic rings. The lowest BCUT2D eigenvalue weighted by molar-refractivity contribution is -0.0113. The molecular formula is C38H48FN5O4. The maximum absolute atomic E-state index is 16.2. The zero-order valence-electron chi connectivity index (χ0n) is 29.0. The third-order valence-corrected chi connectivity index (χ3v) is 9.92. The Morgan fingerprint density at radius 2 is 1.75 bits per heavy atom. The number of pyridine rings is 1. The fourth-order valence-electron chi connectivity index (χ4n) is 7.24. The molecular weight excluding hydrogens is 609 g/mol. The molecule has 48 heavy (non-hydrogen) atoms. The van der Waals surface area contributed by atoms with Gasteiger partial charge in [-0.3, -0.25) is 4.68 Å². The lowest BCUT2D eigenvalue weighted by Gasteiger charge is -2.46. The van der Waals surface area contributed by atoms with Crippen LogP contribution in [-0.2, 0) is 18.4 Å². The maximum atomic E-state index is 16.2. The molecule has 2 fully saturated rings. The van der Waals surface area contributed by atoms with Gasteiger partial charge in [-0.1, -0.05) is 56.3 Å². The number of carbonyl (C=O) groups is 1. The minimum Gasteiger partial charge on any atom is -0.493 e. The van der Waals surface area contributed by atoms with E-state index in [0.717, 1.165) is 50.0 Å². The summed E-state index contributed by atoms with van der Waals surface area (Å²) in [4.78, 5) is 21.3. The lowest BCUT2D eigenvalue weighted by atomic mass is 9.73. The van der Waals surface area contributed by atoms with Gasteiger partial charge in [0.15, 0.2) is 5.82 Å². The Hall–Kier alpha value is -4.18. The predicted molar refractivity (Wildman–Crippen MR) is 184 cm³/mol. The van der Waals surface area contributed by atoms with Crippen LogP contribution in [0.2, 0.25) is 0 Å². The molecule has 0 unspecified atom stereocenters. The quantitative estimate of drug-likeness (QED) is 0.220.